The molecule has 1 amide bonds. The molecule has 0 spiro atoms. The van der Waals surface area contributed by atoms with Crippen LogP contribution < -0.4 is 5.32 Å². The van der Waals surface area contributed by atoms with Crippen LogP contribution in [-0.4, -0.2) is 45.0 Å². The van der Waals surface area contributed by atoms with E-state index in [9.17, 15) is 24.8 Å². The molecule has 0 aliphatic heterocycles. The fourth-order valence-electron chi connectivity index (χ4n) is 3.77. The van der Waals surface area contributed by atoms with Gasteiger partial charge >= 0.3 is 11.9 Å². The van der Waals surface area contributed by atoms with Gasteiger partial charge in [0.25, 0.3) is 0 Å². The van der Waals surface area contributed by atoms with E-state index in [0.717, 1.165) is 17.3 Å². The second kappa shape index (κ2) is 12.9. The van der Waals surface area contributed by atoms with Crippen molar-refractivity contribution in [3.05, 3.63) is 35.9 Å². The molecule has 0 saturated heterocycles. The number of carboxylic acid groups (broad SMARTS) is 1. The van der Waals surface area contributed by atoms with E-state index in [-0.39, 0.29) is 32.0 Å². The van der Waals surface area contributed by atoms with E-state index in [4.69, 9.17) is 17.0 Å². The lowest BCUT2D eigenvalue weighted by molar-refractivity contribution is -0.151. The number of carbonyl (C=O) groups excluding carboxylic acids is 2. The molecule has 0 heterocycles. The van der Waals surface area contributed by atoms with Crippen LogP contribution in [0.1, 0.15) is 65.9 Å². The van der Waals surface area contributed by atoms with E-state index in [1.54, 1.807) is 27.7 Å². The summed E-state index contributed by atoms with van der Waals surface area (Å²) in [5, 5.41) is 22.3. The average molecular weight is 507 g/mol. The third-order valence-electron chi connectivity index (χ3n) is 5.29. The predicted octanol–water partition coefficient (Wildman–Crippen LogP) is 4.73. The molecule has 0 bridgehead atoms. The minimum atomic E-state index is -1.36. The molecule has 0 aromatic heterocycles. The molecule has 2 atom stereocenters. The number of hydrogen-bond donors (Lipinski definition) is 2. The molecule has 1 aromatic carbocycles. The zero-order valence-corrected chi connectivity index (χ0v) is 22.1. The van der Waals surface area contributed by atoms with Crippen LogP contribution in [0.2, 0.25) is 0 Å². The quantitative estimate of drug-likeness (QED) is 0.224. The van der Waals surface area contributed by atoms with E-state index >= 15 is 0 Å². The van der Waals surface area contributed by atoms with Crippen LogP contribution in [0.4, 0.5) is 0 Å². The molecule has 7 nitrogen and oxygen atoms in total. The zero-order valence-electron chi connectivity index (χ0n) is 20.5. The molecule has 0 radical (unpaired) electrons. The Balaban J connectivity index is 3.16. The van der Waals surface area contributed by atoms with Crippen LogP contribution >= 0.6 is 24.0 Å². The highest BCUT2D eigenvalue weighted by Crippen LogP contribution is 2.45. The molecule has 34 heavy (non-hydrogen) atoms. The van der Waals surface area contributed by atoms with Crippen molar-refractivity contribution in [2.45, 2.75) is 65.0 Å². The van der Waals surface area contributed by atoms with Gasteiger partial charge in [-0.15, -0.1) is 0 Å². The highest BCUT2D eigenvalue weighted by atomic mass is 32.2. The smallest absolute Gasteiger partial charge is 0.309 e. The summed E-state index contributed by atoms with van der Waals surface area (Å²) in [6.45, 7) is 8.55. The molecule has 0 fully saturated rings. The van der Waals surface area contributed by atoms with Gasteiger partial charge in [0.2, 0.25) is 5.91 Å². The summed E-state index contributed by atoms with van der Waals surface area (Å²) >= 11 is 6.71. The minimum Gasteiger partial charge on any atom is -0.481 e. The Hall–Kier alpha value is -2.44. The van der Waals surface area contributed by atoms with Crippen LogP contribution in [0.15, 0.2) is 30.3 Å². The number of carbonyl (C=O) groups is 3. The molecular weight excluding hydrogens is 472 g/mol. The first kappa shape index (κ1) is 29.6. The summed E-state index contributed by atoms with van der Waals surface area (Å²) in [4.78, 5) is 37.2. The van der Waals surface area contributed by atoms with Gasteiger partial charge in [-0.25, -0.2) is 0 Å². The summed E-state index contributed by atoms with van der Waals surface area (Å²) < 4.78 is 4.31. The maximum Gasteiger partial charge on any atom is 0.309 e. The monoisotopic (exact) mass is 506 g/mol. The number of nitrogens with one attached hydrogen (secondary N) is 1. The summed E-state index contributed by atoms with van der Waals surface area (Å²) in [5.74, 6) is -1.84. The number of benzene rings is 1. The maximum atomic E-state index is 13.3. The number of hydrogen-bond acceptors (Lipinski definition) is 7. The van der Waals surface area contributed by atoms with E-state index in [0.29, 0.717) is 17.0 Å². The largest absolute Gasteiger partial charge is 0.481 e. The molecule has 2 N–H and O–H groups in total. The number of thiocarbonyl (C=S) groups is 1. The van der Waals surface area contributed by atoms with Gasteiger partial charge in [0.15, 0.2) is 0 Å². The van der Waals surface area contributed by atoms with Crippen molar-refractivity contribution < 1.29 is 24.2 Å². The summed E-state index contributed by atoms with van der Waals surface area (Å²) in [7, 11) is 0. The zero-order chi connectivity index (χ0) is 26.0. The summed E-state index contributed by atoms with van der Waals surface area (Å²) in [5.41, 5.74) is -1.51. The second-order valence-electron chi connectivity index (χ2n) is 9.43. The van der Waals surface area contributed by atoms with Crippen LogP contribution in [-0.2, 0) is 19.1 Å². The first-order valence-electron chi connectivity index (χ1n) is 11.2. The van der Waals surface area contributed by atoms with Crippen molar-refractivity contribution >= 4 is 46.0 Å². The van der Waals surface area contributed by atoms with Crippen molar-refractivity contribution in [3.8, 4) is 6.07 Å². The highest BCUT2D eigenvalue weighted by Gasteiger charge is 2.48. The fourth-order valence-corrected chi connectivity index (χ4v) is 5.67. The van der Waals surface area contributed by atoms with Gasteiger partial charge in [-0.2, -0.15) is 5.26 Å². The topological polar surface area (TPSA) is 116 Å². The van der Waals surface area contributed by atoms with Crippen molar-refractivity contribution in [1.82, 2.24) is 5.32 Å². The van der Waals surface area contributed by atoms with Crippen molar-refractivity contribution in [3.63, 3.8) is 0 Å². The number of thioether (sulfide) groups is 1. The lowest BCUT2D eigenvalue weighted by atomic mass is 9.70. The third-order valence-corrected chi connectivity index (χ3v) is 6.98. The Labute approximate surface area is 211 Å². The van der Waals surface area contributed by atoms with Crippen LogP contribution in [0.3, 0.4) is 0 Å². The van der Waals surface area contributed by atoms with Gasteiger partial charge in [-0.05, 0) is 52.5 Å². The van der Waals surface area contributed by atoms with Gasteiger partial charge in [0.05, 0.1) is 32.4 Å². The number of ether oxygens (including phenoxy) is 1. The van der Waals surface area contributed by atoms with Gasteiger partial charge in [-0.3, -0.25) is 14.4 Å². The molecule has 9 heteroatoms. The Morgan fingerprint density at radius 1 is 1.15 bits per heavy atom. The summed E-state index contributed by atoms with van der Waals surface area (Å²) in [6.07, 6.45) is 0.976. The predicted molar refractivity (Wildman–Crippen MR) is 137 cm³/mol. The first-order chi connectivity index (χ1) is 15.8. The molecular formula is C25H34N2O5S2. The van der Waals surface area contributed by atoms with Crippen molar-refractivity contribution in [1.29, 1.82) is 5.26 Å². The number of aliphatic carboxylic acids is 1. The van der Waals surface area contributed by atoms with Gasteiger partial charge in [0, 0.05) is 6.42 Å². The van der Waals surface area contributed by atoms with E-state index in [1.165, 1.54) is 0 Å². The SMILES string of the molecule is CCCC(=O)OCCNC(=O)C(C)(CC(C)(CC(C)(C)C#N)C(=O)O)SC(=S)c1ccccc1. The lowest BCUT2D eigenvalue weighted by Crippen LogP contribution is -2.49. The number of nitriles is 1. The summed E-state index contributed by atoms with van der Waals surface area (Å²) in [6, 6.07) is 11.3. The van der Waals surface area contributed by atoms with Crippen LogP contribution in [0.5, 0.6) is 0 Å². The van der Waals surface area contributed by atoms with E-state index < -0.39 is 27.5 Å². The lowest BCUT2D eigenvalue weighted by Gasteiger charge is -2.38. The van der Waals surface area contributed by atoms with Crippen molar-refractivity contribution in [2.24, 2.45) is 10.8 Å². The van der Waals surface area contributed by atoms with Gasteiger partial charge < -0.3 is 15.2 Å². The molecule has 1 rings (SSSR count). The third kappa shape index (κ3) is 9.07. The standard InChI is InChI=1S/C25H34N2O5S2/c1-6-10-19(28)32-14-13-27-21(29)25(5,34-20(33)18-11-8-7-9-12-18)16-24(4,22(30)31)15-23(2,3)17-26/h7-9,11-12H,6,10,13-16H2,1-5H3,(H,27,29)(H,30,31). The molecule has 2 unspecified atom stereocenters. The molecule has 186 valence electrons. The minimum absolute atomic E-state index is 0.0200. The van der Waals surface area contributed by atoms with Gasteiger partial charge in [-0.1, -0.05) is 61.2 Å². The van der Waals surface area contributed by atoms with Crippen LogP contribution in [0, 0.1) is 22.2 Å². The second-order valence-corrected chi connectivity index (χ2v) is 11.6. The average Bonchev–Trinajstić information content (AvgIpc) is 2.76. The number of nitrogens with zero attached hydrogens (tertiary/aromatic N) is 1. The molecule has 0 aliphatic carbocycles. The normalized spacial score (nSPS) is 14.7. The highest BCUT2D eigenvalue weighted by molar-refractivity contribution is 8.25. The Kier molecular flexibility index (Phi) is 11.2. The number of esters is 1. The molecule has 0 aliphatic rings. The fraction of sp³-hybridized carbons (Fsp3) is 0.560. The molecule has 1 aromatic rings. The Morgan fingerprint density at radius 2 is 1.76 bits per heavy atom. The Morgan fingerprint density at radius 3 is 2.29 bits per heavy atom. The maximum absolute atomic E-state index is 13.3. The molecule has 0 saturated carbocycles. The van der Waals surface area contributed by atoms with E-state index in [1.807, 2.05) is 37.3 Å². The van der Waals surface area contributed by atoms with E-state index in [2.05, 4.69) is 11.4 Å². The van der Waals surface area contributed by atoms with Crippen molar-refractivity contribution in [2.75, 3.05) is 13.2 Å². The Bertz CT molecular complexity index is 929. The number of rotatable bonds is 13. The first-order valence-corrected chi connectivity index (χ1v) is 12.4. The van der Waals surface area contributed by atoms with Gasteiger partial charge in [0.1, 0.15) is 6.61 Å². The number of amides is 1. The van der Waals surface area contributed by atoms with Crippen LogP contribution in [0.25, 0.3) is 0 Å². The number of carboxylic acids is 1.